The summed E-state index contributed by atoms with van der Waals surface area (Å²) in [6.45, 7) is -3.31. The number of carbonyl (C=O) groups excluding carboxylic acids is 3. The van der Waals surface area contributed by atoms with Crippen molar-refractivity contribution in [2.45, 2.75) is 266 Å². The fourth-order valence-corrected chi connectivity index (χ4v) is 12.3. The van der Waals surface area contributed by atoms with Gasteiger partial charge in [0, 0.05) is 33.6 Å². The van der Waals surface area contributed by atoms with Crippen LogP contribution in [0.4, 0.5) is 0 Å². The van der Waals surface area contributed by atoms with Crippen LogP contribution >= 0.6 is 0 Å². The first-order valence-electron chi connectivity index (χ1n) is 30.7. The Morgan fingerprint density at radius 3 is 1.27 bits per heavy atom. The van der Waals surface area contributed by atoms with Crippen molar-refractivity contribution in [3.05, 3.63) is 0 Å². The third-order valence-electron chi connectivity index (χ3n) is 17.7. The van der Waals surface area contributed by atoms with E-state index in [-0.39, 0.29) is 0 Å². The number of aliphatic carboxylic acids is 2. The molecule has 566 valence electrons. The first-order chi connectivity index (χ1) is 45.9. The van der Waals surface area contributed by atoms with E-state index in [0.29, 0.717) is 0 Å². The smallest absolute Gasteiger partial charge is 0.364 e. The third-order valence-corrected chi connectivity index (χ3v) is 17.7. The first kappa shape index (κ1) is 81.3. The van der Waals surface area contributed by atoms with E-state index in [9.17, 15) is 141 Å². The van der Waals surface area contributed by atoms with Gasteiger partial charge in [0.2, 0.25) is 17.7 Å². The fraction of sp³-hybridized carbons (Fsp3) is 0.907. The van der Waals surface area contributed by atoms with Gasteiger partial charge >= 0.3 is 11.9 Å². The molecule has 98 heavy (non-hydrogen) atoms. The molecule has 7 saturated heterocycles. The monoisotopic (exact) mass is 1440 g/mol. The number of hydrogen-bond donors (Lipinski definition) is 26. The summed E-state index contributed by atoms with van der Waals surface area (Å²) in [6.07, 6.45) is -71.7. The minimum atomic E-state index is -3.21. The van der Waals surface area contributed by atoms with Crippen molar-refractivity contribution in [2.24, 2.45) is 0 Å². The van der Waals surface area contributed by atoms with Crippen LogP contribution in [0.2, 0.25) is 0 Å². The summed E-state index contributed by atoms with van der Waals surface area (Å²) in [5.41, 5.74) is 0. The van der Waals surface area contributed by atoms with E-state index in [1.54, 1.807) is 0 Å². The van der Waals surface area contributed by atoms with E-state index in [1.165, 1.54) is 6.92 Å². The summed E-state index contributed by atoms with van der Waals surface area (Å²) in [4.78, 5) is 63.8. The summed E-state index contributed by atoms with van der Waals surface area (Å²) in [7, 11) is 0. The maximum Gasteiger partial charge on any atom is 0.364 e. The van der Waals surface area contributed by atoms with Gasteiger partial charge in [-0.25, -0.2) is 9.59 Å². The molecule has 7 aliphatic heterocycles. The lowest BCUT2D eigenvalue weighted by atomic mass is 9.88. The zero-order valence-electron chi connectivity index (χ0n) is 52.5. The number of aliphatic hydroxyl groups excluding tert-OH is 21. The number of aliphatic hydroxyl groups is 21. The van der Waals surface area contributed by atoms with Gasteiger partial charge in [0.15, 0.2) is 31.5 Å². The molecule has 0 spiro atoms. The number of carboxylic acid groups (broad SMARTS) is 2. The molecule has 7 fully saturated rings. The molecule has 44 heteroatoms. The number of carbonyl (C=O) groups is 5. The van der Waals surface area contributed by atoms with Gasteiger partial charge in [0.05, 0.1) is 70.0 Å². The van der Waals surface area contributed by atoms with Gasteiger partial charge in [-0.1, -0.05) is 0 Å². The normalized spacial score (nSPS) is 46.0. The molecule has 0 radical (unpaired) electrons. The molecular formula is C54H89N3O41. The number of nitrogens with one attached hydrogen (secondary N) is 3. The quantitative estimate of drug-likeness (QED) is 0.0363. The molecule has 26 N–H and O–H groups in total. The molecule has 0 saturated carbocycles. The van der Waals surface area contributed by atoms with E-state index < -0.39 is 308 Å². The zero-order chi connectivity index (χ0) is 73.1. The maximum absolute atomic E-state index is 13.3. The van der Waals surface area contributed by atoms with E-state index in [1.807, 2.05) is 0 Å². The van der Waals surface area contributed by atoms with Crippen molar-refractivity contribution in [2.75, 3.05) is 39.6 Å². The maximum atomic E-state index is 13.3. The lowest BCUT2D eigenvalue weighted by Crippen LogP contribution is -2.71. The summed E-state index contributed by atoms with van der Waals surface area (Å²) in [5, 5.41) is 258. The molecule has 0 aliphatic carbocycles. The molecule has 37 atom stereocenters. The average molecular weight is 1440 g/mol. The Bertz CT molecular complexity index is 2630. The summed E-state index contributed by atoms with van der Waals surface area (Å²) in [6, 6.07) is -5.50. The van der Waals surface area contributed by atoms with E-state index >= 15 is 0 Å². The predicted molar refractivity (Wildman–Crippen MR) is 300 cm³/mol. The summed E-state index contributed by atoms with van der Waals surface area (Å²) < 4.78 is 75.2. The van der Waals surface area contributed by atoms with Crippen LogP contribution in [0.3, 0.4) is 0 Å². The molecule has 1 unspecified atom stereocenters. The van der Waals surface area contributed by atoms with Gasteiger partial charge in [-0.3, -0.25) is 14.4 Å². The van der Waals surface area contributed by atoms with E-state index in [4.69, 9.17) is 61.6 Å². The number of amides is 3. The molecular weight excluding hydrogens is 1350 g/mol. The first-order valence-corrected chi connectivity index (χ1v) is 30.7. The highest BCUT2D eigenvalue weighted by atomic mass is 16.8. The Balaban J connectivity index is 1.23. The van der Waals surface area contributed by atoms with Crippen LogP contribution in [0.1, 0.15) is 40.5 Å². The van der Waals surface area contributed by atoms with Crippen molar-refractivity contribution in [1.82, 2.24) is 16.0 Å². The van der Waals surface area contributed by atoms with Gasteiger partial charge in [-0.2, -0.15) is 0 Å². The molecule has 44 nitrogen and oxygen atoms in total. The number of carboxylic acids is 2. The van der Waals surface area contributed by atoms with Crippen molar-refractivity contribution in [3.63, 3.8) is 0 Å². The highest BCUT2D eigenvalue weighted by Gasteiger charge is 2.62. The minimum Gasteiger partial charge on any atom is -0.477 e. The second-order valence-electron chi connectivity index (χ2n) is 24.7. The molecule has 0 aromatic heterocycles. The van der Waals surface area contributed by atoms with Crippen LogP contribution in [0.25, 0.3) is 0 Å². The second kappa shape index (κ2) is 34.1. The van der Waals surface area contributed by atoms with Gasteiger partial charge < -0.3 is 195 Å². The molecule has 0 aromatic rings. The second-order valence-corrected chi connectivity index (χ2v) is 24.7. The van der Waals surface area contributed by atoms with Gasteiger partial charge in [0.25, 0.3) is 11.6 Å². The van der Waals surface area contributed by atoms with Gasteiger partial charge in [0.1, 0.15) is 153 Å². The summed E-state index contributed by atoms with van der Waals surface area (Å²) >= 11 is 0. The van der Waals surface area contributed by atoms with E-state index in [2.05, 4.69) is 16.0 Å². The predicted octanol–water partition coefficient (Wildman–Crippen LogP) is -16.4. The highest BCUT2D eigenvalue weighted by molar-refractivity contribution is 5.77. The molecule has 7 heterocycles. The van der Waals surface area contributed by atoms with Crippen LogP contribution < -0.4 is 16.0 Å². The third kappa shape index (κ3) is 17.6. The fourth-order valence-electron chi connectivity index (χ4n) is 12.3. The Hall–Kier alpha value is -4.01. The topological polar surface area (TPSA) is 707 Å². The van der Waals surface area contributed by atoms with Crippen LogP contribution in [0.15, 0.2) is 0 Å². The van der Waals surface area contributed by atoms with E-state index in [0.717, 1.165) is 20.8 Å². The lowest BCUT2D eigenvalue weighted by molar-refractivity contribution is -0.396. The average Bonchev–Trinajstić information content (AvgIpc) is 0.774. The minimum absolute atomic E-state index is 0.840. The van der Waals surface area contributed by atoms with Gasteiger partial charge in [-0.05, 0) is 6.92 Å². The largest absolute Gasteiger partial charge is 0.477 e. The zero-order valence-corrected chi connectivity index (χ0v) is 52.5. The van der Waals surface area contributed by atoms with Crippen molar-refractivity contribution in [3.8, 4) is 0 Å². The molecule has 7 rings (SSSR count). The molecule has 3 amide bonds. The Labute approximate surface area is 553 Å². The van der Waals surface area contributed by atoms with Crippen molar-refractivity contribution < 1.29 is 203 Å². The van der Waals surface area contributed by atoms with Gasteiger partial charge in [-0.15, -0.1) is 0 Å². The summed E-state index contributed by atoms with van der Waals surface area (Å²) in [5.74, 6) is -13.2. The van der Waals surface area contributed by atoms with Crippen molar-refractivity contribution >= 4 is 29.7 Å². The number of hydrogen-bond acceptors (Lipinski definition) is 39. The molecule has 0 bridgehead atoms. The Kier molecular flexibility index (Phi) is 28.3. The molecule has 0 aromatic carbocycles. The van der Waals surface area contributed by atoms with Crippen LogP contribution in [0.5, 0.6) is 0 Å². The SMILES string of the molecule is CC(=O)N[C@H]1[C@H](O[C@H]2[C@@H](O)[C@@H](CO[C@]3(C(=O)O)C[C@H](O)[C@@H](NC(C)=O)[C@H]([C@H](O)[C@H](O)CO)O3)O[C@@H](O[C@H]3[C@H](O[C@@H]4O[C@@H](C)[C@@H](O)[C@@H](O)[C@@H]4O)[C@@H](O)C(O)O[C@@H]3CO)[C@@H]2O)O[C@H](CO)[C@@H](O)[C@@H]1O[C@@H]1O[C@H](CO[C@]2(C(=O)O)C[C@H](O)[C@@H](NC(C)=O)[C@H]([C@H](O)[C@H](O)CO)O2)[C@H](O)[C@H](O)[C@H]1O. The number of rotatable bonds is 27. The number of ether oxygens (including phenoxy) is 13. The Morgan fingerprint density at radius 2 is 0.816 bits per heavy atom. The van der Waals surface area contributed by atoms with Crippen molar-refractivity contribution in [1.29, 1.82) is 0 Å². The standard InChI is InChI=1S/C54H89N3O41/c1-13-28(69)34(75)36(77)48(88-13)96-45-38(79)46(81)89-22(10-61)40(45)93-50-39(80)44(33(74)24(92-50)12-87-54(52(84)85)6-18(66)26(56-15(3)63)43(98-54)30(71)20(68)8-59)95-47-27(57-16(4)64)41(32(73)21(9-60)90-47)94-49-37(78)35(76)31(72)23(91-49)11-86-53(51(82)83)5-17(65)25(55-14(2)62)42(97-53)29(70)19(67)7-58/h13,17-50,58-61,65-81H,5-12H2,1-4H3,(H,55,62)(H,56,63)(H,57,64)(H,82,83)(H,84,85)/t13-,17-,18-,19+,20+,21+,22+,23+,24+,25+,26+,27+,28+,29+,30+,31-,32+,33-,34+,35-,36-,37+,38+,39+,40+,41+,42+,43+,44-,45+,46?,47-,48-,49-,50-,53+,54+/m0/s1. The van der Waals surface area contributed by atoms with Crippen LogP contribution in [0, 0.1) is 0 Å². The van der Waals surface area contributed by atoms with Crippen LogP contribution in [-0.4, -0.2) is 413 Å². The highest BCUT2D eigenvalue weighted by Crippen LogP contribution is 2.40. The van der Waals surface area contributed by atoms with Crippen LogP contribution in [-0.2, 0) is 85.6 Å². The lowest BCUT2D eigenvalue weighted by Gasteiger charge is -2.51. The molecule has 7 aliphatic rings. The Morgan fingerprint density at radius 1 is 0.429 bits per heavy atom.